The quantitative estimate of drug-likeness (QED) is 0.353. The zero-order valence-electron chi connectivity index (χ0n) is 20.1. The number of carbonyl (C=O) groups excluding carboxylic acids is 1. The molecule has 0 aliphatic carbocycles. The van der Waals surface area contributed by atoms with Crippen LogP contribution in [0.2, 0.25) is 5.02 Å². The Morgan fingerprint density at radius 2 is 1.85 bits per heavy atom. The fourth-order valence-corrected chi connectivity index (χ4v) is 4.38. The molecule has 0 aliphatic rings. The number of aromatic nitrogens is 3. The Labute approximate surface area is 205 Å². The van der Waals surface area contributed by atoms with E-state index in [1.807, 2.05) is 51.1 Å². The van der Waals surface area contributed by atoms with E-state index in [4.69, 9.17) is 21.7 Å². The van der Waals surface area contributed by atoms with Gasteiger partial charge in [-0.2, -0.15) is 5.10 Å². The van der Waals surface area contributed by atoms with Crippen molar-refractivity contribution in [1.82, 2.24) is 25.0 Å². The number of halogens is 1. The highest BCUT2D eigenvalue weighted by Gasteiger charge is 2.20. The SMILES string of the molecule is Cc1cc(C(=O)NCCCN(C)Cc2ccccc2)c2c(C)nn(-c3cccc(Cl)c3C)c2n1. The number of rotatable bonds is 8. The van der Waals surface area contributed by atoms with Gasteiger partial charge in [0.2, 0.25) is 0 Å². The molecule has 7 heteroatoms. The lowest BCUT2D eigenvalue weighted by Gasteiger charge is -2.17. The maximum absolute atomic E-state index is 13.2. The molecule has 0 saturated carbocycles. The minimum atomic E-state index is -0.105. The molecule has 0 spiro atoms. The molecule has 34 heavy (non-hydrogen) atoms. The molecule has 2 aromatic heterocycles. The molecule has 1 amide bonds. The number of hydrogen-bond donors (Lipinski definition) is 1. The first-order chi connectivity index (χ1) is 16.3. The maximum Gasteiger partial charge on any atom is 0.252 e. The number of benzene rings is 2. The first kappa shape index (κ1) is 23.9. The number of pyridine rings is 1. The summed E-state index contributed by atoms with van der Waals surface area (Å²) in [4.78, 5) is 20.1. The van der Waals surface area contributed by atoms with Crippen LogP contribution in [0.1, 0.15) is 39.3 Å². The Morgan fingerprint density at radius 1 is 1.09 bits per heavy atom. The molecule has 0 atom stereocenters. The van der Waals surface area contributed by atoms with Crippen LogP contribution in [0.25, 0.3) is 16.7 Å². The molecular formula is C27H30ClN5O. The molecule has 2 heterocycles. The summed E-state index contributed by atoms with van der Waals surface area (Å²) in [5, 5.41) is 9.23. The molecule has 0 unspecified atom stereocenters. The molecule has 0 aliphatic heterocycles. The topological polar surface area (TPSA) is 63.1 Å². The summed E-state index contributed by atoms with van der Waals surface area (Å²) in [7, 11) is 2.10. The van der Waals surface area contributed by atoms with Gasteiger partial charge in [0.1, 0.15) is 0 Å². The molecule has 0 saturated heterocycles. The number of nitrogens with one attached hydrogen (secondary N) is 1. The van der Waals surface area contributed by atoms with Crippen molar-refractivity contribution in [3.8, 4) is 5.69 Å². The normalized spacial score (nSPS) is 11.4. The Balaban J connectivity index is 1.49. The highest BCUT2D eigenvalue weighted by molar-refractivity contribution is 6.31. The molecule has 4 aromatic rings. The summed E-state index contributed by atoms with van der Waals surface area (Å²) in [6.07, 6.45) is 0.863. The number of hydrogen-bond acceptors (Lipinski definition) is 4. The summed E-state index contributed by atoms with van der Waals surface area (Å²) >= 11 is 6.34. The molecule has 6 nitrogen and oxygen atoms in total. The zero-order chi connectivity index (χ0) is 24.2. The van der Waals surface area contributed by atoms with Gasteiger partial charge in [-0.05, 0) is 70.1 Å². The Morgan fingerprint density at radius 3 is 2.62 bits per heavy atom. The second-order valence-corrected chi connectivity index (χ2v) is 9.13. The van der Waals surface area contributed by atoms with Crippen molar-refractivity contribution in [3.63, 3.8) is 0 Å². The minimum absolute atomic E-state index is 0.105. The highest BCUT2D eigenvalue weighted by atomic mass is 35.5. The van der Waals surface area contributed by atoms with Gasteiger partial charge in [0.15, 0.2) is 5.65 Å². The van der Waals surface area contributed by atoms with Gasteiger partial charge < -0.3 is 10.2 Å². The van der Waals surface area contributed by atoms with Crippen molar-refractivity contribution >= 4 is 28.5 Å². The molecule has 0 fully saturated rings. The number of aryl methyl sites for hydroxylation is 2. The van der Waals surface area contributed by atoms with Crippen LogP contribution in [0.5, 0.6) is 0 Å². The van der Waals surface area contributed by atoms with Crippen LogP contribution in [0.15, 0.2) is 54.6 Å². The van der Waals surface area contributed by atoms with Crippen LogP contribution >= 0.6 is 11.6 Å². The van der Waals surface area contributed by atoms with Gasteiger partial charge in [-0.15, -0.1) is 0 Å². The Bertz CT molecular complexity index is 1320. The predicted molar refractivity (Wildman–Crippen MR) is 138 cm³/mol. The lowest BCUT2D eigenvalue weighted by molar-refractivity contribution is 0.0953. The van der Waals surface area contributed by atoms with E-state index < -0.39 is 0 Å². The first-order valence-corrected chi connectivity index (χ1v) is 11.9. The summed E-state index contributed by atoms with van der Waals surface area (Å²) < 4.78 is 1.79. The first-order valence-electron chi connectivity index (χ1n) is 11.5. The summed E-state index contributed by atoms with van der Waals surface area (Å²) in [6.45, 7) is 8.14. The van der Waals surface area contributed by atoms with E-state index in [1.165, 1.54) is 5.56 Å². The molecule has 2 aromatic carbocycles. The average Bonchev–Trinajstić information content (AvgIpc) is 3.14. The van der Waals surface area contributed by atoms with Gasteiger partial charge in [0, 0.05) is 23.8 Å². The number of fused-ring (bicyclic) bond motifs is 1. The average molecular weight is 476 g/mol. The van der Waals surface area contributed by atoms with Gasteiger partial charge in [-0.1, -0.05) is 48.0 Å². The lowest BCUT2D eigenvalue weighted by atomic mass is 10.1. The lowest BCUT2D eigenvalue weighted by Crippen LogP contribution is -2.28. The molecule has 1 N–H and O–H groups in total. The van der Waals surface area contributed by atoms with Crippen molar-refractivity contribution in [2.24, 2.45) is 0 Å². The van der Waals surface area contributed by atoms with Gasteiger partial charge >= 0.3 is 0 Å². The highest BCUT2D eigenvalue weighted by Crippen LogP contribution is 2.28. The van der Waals surface area contributed by atoms with Gasteiger partial charge in [-0.3, -0.25) is 4.79 Å². The number of amides is 1. The predicted octanol–water partition coefficient (Wildman–Crippen LogP) is 5.25. The van der Waals surface area contributed by atoms with Crippen LogP contribution in [0, 0.1) is 20.8 Å². The molecule has 176 valence electrons. The summed E-state index contributed by atoms with van der Waals surface area (Å²) in [5.74, 6) is -0.105. The molecule has 4 rings (SSSR count). The zero-order valence-corrected chi connectivity index (χ0v) is 20.9. The van der Waals surface area contributed by atoms with Crippen molar-refractivity contribution in [3.05, 3.63) is 87.7 Å². The van der Waals surface area contributed by atoms with E-state index in [2.05, 4.69) is 41.5 Å². The monoisotopic (exact) mass is 475 g/mol. The van der Waals surface area contributed by atoms with E-state index in [9.17, 15) is 4.79 Å². The van der Waals surface area contributed by atoms with Crippen LogP contribution in [0.3, 0.4) is 0 Å². The van der Waals surface area contributed by atoms with Gasteiger partial charge in [0.25, 0.3) is 5.91 Å². The fraction of sp³-hybridized carbons (Fsp3) is 0.296. The third kappa shape index (κ3) is 5.13. The van der Waals surface area contributed by atoms with Crippen molar-refractivity contribution in [2.45, 2.75) is 33.7 Å². The largest absolute Gasteiger partial charge is 0.352 e. The van der Waals surface area contributed by atoms with E-state index in [0.717, 1.165) is 47.5 Å². The van der Waals surface area contributed by atoms with Crippen molar-refractivity contribution in [1.29, 1.82) is 0 Å². The second kappa shape index (κ2) is 10.4. The molecule has 0 radical (unpaired) electrons. The molecule has 0 bridgehead atoms. The number of carbonyl (C=O) groups is 1. The van der Waals surface area contributed by atoms with E-state index in [-0.39, 0.29) is 5.91 Å². The standard InChI is InChI=1S/C27H30ClN5O/c1-18-16-22(27(34)29-14-9-15-32(4)17-21-10-6-5-7-11-21)25-20(3)31-33(26(25)30-18)24-13-8-12-23(28)19(24)2/h5-8,10-13,16H,9,14-15,17H2,1-4H3,(H,29,34). The summed E-state index contributed by atoms with van der Waals surface area (Å²) in [5.41, 5.74) is 5.85. The van der Waals surface area contributed by atoms with Crippen LogP contribution in [-0.2, 0) is 6.54 Å². The van der Waals surface area contributed by atoms with Crippen molar-refractivity contribution < 1.29 is 4.79 Å². The second-order valence-electron chi connectivity index (χ2n) is 8.72. The van der Waals surface area contributed by atoms with Gasteiger partial charge in [0.05, 0.1) is 22.3 Å². The fourth-order valence-electron chi connectivity index (χ4n) is 4.21. The Kier molecular flexibility index (Phi) is 7.29. The third-order valence-corrected chi connectivity index (χ3v) is 6.36. The van der Waals surface area contributed by atoms with Gasteiger partial charge in [-0.25, -0.2) is 9.67 Å². The van der Waals surface area contributed by atoms with E-state index in [1.54, 1.807) is 4.68 Å². The smallest absolute Gasteiger partial charge is 0.252 e. The Hall–Kier alpha value is -3.22. The minimum Gasteiger partial charge on any atom is -0.352 e. The van der Waals surface area contributed by atoms with Crippen LogP contribution < -0.4 is 5.32 Å². The van der Waals surface area contributed by atoms with Crippen LogP contribution in [0.4, 0.5) is 0 Å². The van der Waals surface area contributed by atoms with Crippen LogP contribution in [-0.4, -0.2) is 45.7 Å². The maximum atomic E-state index is 13.2. The van der Waals surface area contributed by atoms with Crippen molar-refractivity contribution in [2.75, 3.05) is 20.1 Å². The van der Waals surface area contributed by atoms with E-state index >= 15 is 0 Å². The number of nitrogens with zero attached hydrogens (tertiary/aromatic N) is 4. The third-order valence-electron chi connectivity index (χ3n) is 5.95. The summed E-state index contributed by atoms with van der Waals surface area (Å²) in [6, 6.07) is 17.9. The molecular weight excluding hydrogens is 446 g/mol. The van der Waals surface area contributed by atoms with E-state index in [0.29, 0.717) is 22.8 Å².